The van der Waals surface area contributed by atoms with Crippen molar-refractivity contribution >= 4 is 17.3 Å². The summed E-state index contributed by atoms with van der Waals surface area (Å²) in [6, 6.07) is 4.33. The molecular formula is C12H14N3O3+. The number of hydrogen-bond acceptors (Lipinski definition) is 4. The molecule has 0 radical (unpaired) electrons. The van der Waals surface area contributed by atoms with Crippen molar-refractivity contribution in [3.63, 3.8) is 0 Å². The van der Waals surface area contributed by atoms with E-state index in [1.165, 1.54) is 18.2 Å². The zero-order valence-corrected chi connectivity index (χ0v) is 10.2. The van der Waals surface area contributed by atoms with E-state index >= 15 is 0 Å². The van der Waals surface area contributed by atoms with Crippen LogP contribution in [0.1, 0.15) is 25.8 Å². The maximum atomic E-state index is 11.3. The SMILES string of the molecule is CC1(C)CC(=O)N[NH+]=C1c1cc(N=O)ccc1O. The van der Waals surface area contributed by atoms with Gasteiger partial charge >= 0.3 is 0 Å². The van der Waals surface area contributed by atoms with Crippen molar-refractivity contribution in [3.05, 3.63) is 28.7 Å². The van der Waals surface area contributed by atoms with Crippen molar-refractivity contribution in [2.75, 3.05) is 0 Å². The number of aromatic hydroxyl groups is 1. The number of nitroso groups, excluding NO2 is 1. The molecule has 1 aliphatic rings. The van der Waals surface area contributed by atoms with Crippen LogP contribution in [0.15, 0.2) is 23.4 Å². The summed E-state index contributed by atoms with van der Waals surface area (Å²) in [6.45, 7) is 3.77. The van der Waals surface area contributed by atoms with Crippen LogP contribution in [0.25, 0.3) is 0 Å². The van der Waals surface area contributed by atoms with Gasteiger partial charge in [0.15, 0.2) is 0 Å². The molecule has 0 bridgehead atoms. The molecule has 1 amide bonds. The lowest BCUT2D eigenvalue weighted by Gasteiger charge is -2.24. The molecule has 1 heterocycles. The van der Waals surface area contributed by atoms with Crippen molar-refractivity contribution in [2.45, 2.75) is 20.3 Å². The van der Waals surface area contributed by atoms with Gasteiger partial charge in [0.2, 0.25) is 5.71 Å². The molecule has 94 valence electrons. The Morgan fingerprint density at radius 3 is 2.78 bits per heavy atom. The van der Waals surface area contributed by atoms with Gasteiger partial charge in [0.25, 0.3) is 5.91 Å². The Balaban J connectivity index is 2.54. The highest BCUT2D eigenvalue weighted by Crippen LogP contribution is 2.31. The molecule has 2 rings (SSSR count). The van der Waals surface area contributed by atoms with Crippen LogP contribution in [0, 0.1) is 10.3 Å². The van der Waals surface area contributed by atoms with Gasteiger partial charge in [-0.15, -0.1) is 15.4 Å². The van der Waals surface area contributed by atoms with Gasteiger partial charge in [0.05, 0.1) is 11.0 Å². The Labute approximate surface area is 104 Å². The number of amides is 1. The van der Waals surface area contributed by atoms with Crippen LogP contribution < -0.4 is 10.5 Å². The van der Waals surface area contributed by atoms with E-state index in [1.807, 2.05) is 13.8 Å². The van der Waals surface area contributed by atoms with E-state index in [0.29, 0.717) is 17.7 Å². The Bertz CT molecular complexity index is 549. The van der Waals surface area contributed by atoms with Crippen molar-refractivity contribution in [1.29, 1.82) is 0 Å². The Morgan fingerprint density at radius 2 is 2.17 bits per heavy atom. The summed E-state index contributed by atoms with van der Waals surface area (Å²) in [5, 5.41) is 15.5. The van der Waals surface area contributed by atoms with Crippen molar-refractivity contribution in [1.82, 2.24) is 5.43 Å². The third-order valence-corrected chi connectivity index (χ3v) is 2.96. The average Bonchev–Trinajstić information content (AvgIpc) is 2.29. The second-order valence-corrected chi connectivity index (χ2v) is 4.90. The fourth-order valence-corrected chi connectivity index (χ4v) is 2.05. The molecule has 0 spiro atoms. The Hall–Kier alpha value is -2.24. The van der Waals surface area contributed by atoms with Gasteiger partial charge in [0, 0.05) is 6.42 Å². The summed E-state index contributed by atoms with van der Waals surface area (Å²) < 4.78 is 0. The zero-order valence-electron chi connectivity index (χ0n) is 10.2. The molecule has 18 heavy (non-hydrogen) atoms. The molecule has 0 unspecified atom stereocenters. The first-order chi connectivity index (χ1) is 8.44. The van der Waals surface area contributed by atoms with Crippen LogP contribution >= 0.6 is 0 Å². The van der Waals surface area contributed by atoms with Crippen LogP contribution in [0.3, 0.4) is 0 Å². The number of hydrazine groups is 1. The minimum absolute atomic E-state index is 0.0362. The normalized spacial score (nSPS) is 17.9. The van der Waals surface area contributed by atoms with Gasteiger partial charge in [-0.25, -0.2) is 0 Å². The van der Waals surface area contributed by atoms with Crippen molar-refractivity contribution < 1.29 is 15.0 Å². The first kappa shape index (κ1) is 12.2. The van der Waals surface area contributed by atoms with E-state index in [2.05, 4.69) is 15.7 Å². The van der Waals surface area contributed by atoms with Gasteiger partial charge in [-0.05, 0) is 37.2 Å². The summed E-state index contributed by atoms with van der Waals surface area (Å²) in [6.07, 6.45) is 0.299. The number of phenols is 1. The van der Waals surface area contributed by atoms with Gasteiger partial charge in [-0.3, -0.25) is 4.79 Å². The molecule has 1 aromatic rings. The van der Waals surface area contributed by atoms with Crippen LogP contribution in [0.4, 0.5) is 5.69 Å². The third kappa shape index (κ3) is 2.09. The molecule has 0 aromatic heterocycles. The number of carbonyl (C=O) groups excluding carboxylic acids is 1. The first-order valence-corrected chi connectivity index (χ1v) is 5.53. The van der Waals surface area contributed by atoms with E-state index in [4.69, 9.17) is 0 Å². The monoisotopic (exact) mass is 248 g/mol. The standard InChI is InChI=1S/C12H13N3O3/c1-12(2)6-10(17)13-14-11(12)8-5-7(15-18)3-4-9(8)16/h3-5,16H,6H2,1-2H3,(H,13,17)/p+1. The molecule has 0 aliphatic carbocycles. The summed E-state index contributed by atoms with van der Waals surface area (Å²) in [5.41, 5.74) is 3.40. The molecule has 0 saturated carbocycles. The maximum absolute atomic E-state index is 11.3. The lowest BCUT2D eigenvalue weighted by molar-refractivity contribution is -0.518. The van der Waals surface area contributed by atoms with E-state index in [0.717, 1.165) is 0 Å². The number of nitrogens with one attached hydrogen (secondary N) is 2. The van der Waals surface area contributed by atoms with Gasteiger partial charge in [-0.1, -0.05) is 0 Å². The molecule has 3 N–H and O–H groups in total. The molecule has 0 saturated heterocycles. The molecule has 6 nitrogen and oxygen atoms in total. The van der Waals surface area contributed by atoms with Crippen LogP contribution in [-0.4, -0.2) is 16.7 Å². The molecule has 1 aliphatic heterocycles. The predicted octanol–water partition coefficient (Wildman–Crippen LogP) is 0.121. The quantitative estimate of drug-likeness (QED) is 0.649. The summed E-state index contributed by atoms with van der Waals surface area (Å²) >= 11 is 0. The minimum Gasteiger partial charge on any atom is -0.507 e. The number of nitrogens with zero attached hydrogens (tertiary/aromatic N) is 1. The summed E-state index contributed by atoms with van der Waals surface area (Å²) in [7, 11) is 0. The molecular weight excluding hydrogens is 234 g/mol. The Kier molecular flexibility index (Phi) is 2.86. The number of phenolic OH excluding ortho intramolecular Hbond substituents is 1. The Morgan fingerprint density at radius 1 is 1.44 bits per heavy atom. The lowest BCUT2D eigenvalue weighted by Crippen LogP contribution is -2.89. The van der Waals surface area contributed by atoms with Gasteiger partial charge in [0.1, 0.15) is 11.4 Å². The number of hydrogen-bond donors (Lipinski definition) is 3. The number of hydrazone groups is 1. The molecule has 1 aromatic carbocycles. The predicted molar refractivity (Wildman–Crippen MR) is 65.2 cm³/mol. The van der Waals surface area contributed by atoms with Crippen LogP contribution in [-0.2, 0) is 4.79 Å². The third-order valence-electron chi connectivity index (χ3n) is 2.96. The fraction of sp³-hybridized carbons (Fsp3) is 0.333. The van der Waals surface area contributed by atoms with Crippen molar-refractivity contribution in [2.24, 2.45) is 10.6 Å². The molecule has 0 atom stereocenters. The van der Waals surface area contributed by atoms with Gasteiger partial charge < -0.3 is 5.11 Å². The summed E-state index contributed by atoms with van der Waals surface area (Å²) in [5.74, 6) is -0.0815. The molecule has 0 fully saturated rings. The molecule has 6 heteroatoms. The largest absolute Gasteiger partial charge is 0.507 e. The second kappa shape index (κ2) is 4.21. The van der Waals surface area contributed by atoms with E-state index < -0.39 is 5.41 Å². The maximum Gasteiger partial charge on any atom is 0.275 e. The fourth-order valence-electron chi connectivity index (χ4n) is 2.05. The minimum atomic E-state index is -0.457. The first-order valence-electron chi connectivity index (χ1n) is 5.53. The summed E-state index contributed by atoms with van der Waals surface area (Å²) in [4.78, 5) is 21.9. The highest BCUT2D eigenvalue weighted by molar-refractivity contribution is 6.05. The zero-order chi connectivity index (χ0) is 13.3. The second-order valence-electron chi connectivity index (χ2n) is 4.90. The van der Waals surface area contributed by atoms with Crippen LogP contribution in [0.5, 0.6) is 5.75 Å². The highest BCUT2D eigenvalue weighted by Gasteiger charge is 2.39. The van der Waals surface area contributed by atoms with Gasteiger partial charge in [-0.2, -0.15) is 0 Å². The van der Waals surface area contributed by atoms with Crippen molar-refractivity contribution in [3.8, 4) is 5.75 Å². The lowest BCUT2D eigenvalue weighted by atomic mass is 9.79. The number of rotatable bonds is 2. The van der Waals surface area contributed by atoms with E-state index in [1.54, 1.807) is 0 Å². The smallest absolute Gasteiger partial charge is 0.275 e. The van der Waals surface area contributed by atoms with E-state index in [9.17, 15) is 14.8 Å². The van der Waals surface area contributed by atoms with Crippen LogP contribution in [0.2, 0.25) is 0 Å². The number of carbonyl (C=O) groups is 1. The highest BCUT2D eigenvalue weighted by atomic mass is 16.3. The average molecular weight is 248 g/mol. The topological polar surface area (TPSA) is 92.7 Å². The van der Waals surface area contributed by atoms with E-state index in [-0.39, 0.29) is 17.3 Å². The number of benzene rings is 1.